The van der Waals surface area contributed by atoms with Crippen molar-refractivity contribution in [2.75, 3.05) is 20.3 Å². The lowest BCUT2D eigenvalue weighted by molar-refractivity contribution is -0.0103. The monoisotopic (exact) mass is 269 g/mol. The highest BCUT2D eigenvalue weighted by Crippen LogP contribution is 2.19. The molecule has 0 spiro atoms. The standard InChI is InChI=1S/C14H20ClNO2/c1-17-10-13(8-16-12-6-7-12)18-9-11-4-2-3-5-14(11)15/h2-5,12-13,16H,6-10H2,1H3. The van der Waals surface area contributed by atoms with Gasteiger partial charge in [-0.25, -0.2) is 0 Å². The topological polar surface area (TPSA) is 30.5 Å². The molecule has 1 fully saturated rings. The van der Waals surface area contributed by atoms with Gasteiger partial charge >= 0.3 is 0 Å². The minimum Gasteiger partial charge on any atom is -0.382 e. The Balaban J connectivity index is 1.78. The first kappa shape index (κ1) is 13.8. The molecule has 0 radical (unpaired) electrons. The van der Waals surface area contributed by atoms with Crippen molar-refractivity contribution in [1.82, 2.24) is 5.32 Å². The molecule has 3 nitrogen and oxygen atoms in total. The Morgan fingerprint density at radius 1 is 1.39 bits per heavy atom. The van der Waals surface area contributed by atoms with Gasteiger partial charge in [0, 0.05) is 24.7 Å². The lowest BCUT2D eigenvalue weighted by Gasteiger charge is -2.18. The fraction of sp³-hybridized carbons (Fsp3) is 0.571. The predicted octanol–water partition coefficient (Wildman–Crippen LogP) is 2.62. The van der Waals surface area contributed by atoms with Crippen molar-refractivity contribution >= 4 is 11.6 Å². The zero-order chi connectivity index (χ0) is 12.8. The van der Waals surface area contributed by atoms with Gasteiger partial charge in [0.25, 0.3) is 0 Å². The molecule has 1 aliphatic carbocycles. The first-order valence-corrected chi connectivity index (χ1v) is 6.74. The first-order valence-electron chi connectivity index (χ1n) is 6.37. The van der Waals surface area contributed by atoms with E-state index in [9.17, 15) is 0 Å². The summed E-state index contributed by atoms with van der Waals surface area (Å²) >= 11 is 6.10. The minimum absolute atomic E-state index is 0.0758. The number of methoxy groups -OCH3 is 1. The van der Waals surface area contributed by atoms with E-state index in [1.165, 1.54) is 12.8 Å². The van der Waals surface area contributed by atoms with Crippen LogP contribution in [0.3, 0.4) is 0 Å². The minimum atomic E-state index is 0.0758. The van der Waals surface area contributed by atoms with Crippen LogP contribution in [0.15, 0.2) is 24.3 Å². The second-order valence-corrected chi connectivity index (χ2v) is 5.07. The Kier molecular flexibility index (Phi) is 5.45. The molecule has 1 unspecified atom stereocenters. The molecule has 1 aromatic carbocycles. The van der Waals surface area contributed by atoms with Crippen molar-refractivity contribution in [3.8, 4) is 0 Å². The van der Waals surface area contributed by atoms with Crippen LogP contribution in [0.1, 0.15) is 18.4 Å². The molecular weight excluding hydrogens is 250 g/mol. The van der Waals surface area contributed by atoms with Crippen molar-refractivity contribution in [3.05, 3.63) is 34.9 Å². The van der Waals surface area contributed by atoms with E-state index >= 15 is 0 Å². The molecule has 0 heterocycles. The van der Waals surface area contributed by atoms with Crippen LogP contribution in [-0.4, -0.2) is 32.4 Å². The van der Waals surface area contributed by atoms with E-state index in [-0.39, 0.29) is 6.10 Å². The van der Waals surface area contributed by atoms with Crippen molar-refractivity contribution in [1.29, 1.82) is 0 Å². The van der Waals surface area contributed by atoms with Crippen molar-refractivity contribution in [3.63, 3.8) is 0 Å². The van der Waals surface area contributed by atoms with Crippen LogP contribution in [0.4, 0.5) is 0 Å². The summed E-state index contributed by atoms with van der Waals surface area (Å²) < 4.78 is 11.0. The van der Waals surface area contributed by atoms with E-state index in [1.807, 2.05) is 24.3 Å². The molecule has 0 amide bonds. The summed E-state index contributed by atoms with van der Waals surface area (Å²) in [6.45, 7) is 1.97. The average molecular weight is 270 g/mol. The van der Waals surface area contributed by atoms with Gasteiger partial charge in [0.15, 0.2) is 0 Å². The predicted molar refractivity (Wildman–Crippen MR) is 72.9 cm³/mol. The number of halogens is 1. The molecule has 0 saturated heterocycles. The number of benzene rings is 1. The van der Waals surface area contributed by atoms with E-state index in [1.54, 1.807) is 7.11 Å². The maximum absolute atomic E-state index is 6.10. The average Bonchev–Trinajstić information content (AvgIpc) is 3.18. The van der Waals surface area contributed by atoms with E-state index < -0.39 is 0 Å². The van der Waals surface area contributed by atoms with Crippen LogP contribution in [0.2, 0.25) is 5.02 Å². The van der Waals surface area contributed by atoms with Crippen LogP contribution in [0, 0.1) is 0 Å². The molecule has 1 aromatic rings. The fourth-order valence-electron chi connectivity index (χ4n) is 1.76. The molecule has 1 aliphatic rings. The molecule has 18 heavy (non-hydrogen) atoms. The van der Waals surface area contributed by atoms with Crippen LogP contribution in [0.5, 0.6) is 0 Å². The lowest BCUT2D eigenvalue weighted by Crippen LogP contribution is -2.33. The highest BCUT2D eigenvalue weighted by atomic mass is 35.5. The second kappa shape index (κ2) is 7.10. The van der Waals surface area contributed by atoms with E-state index in [0.717, 1.165) is 17.1 Å². The molecular formula is C14H20ClNO2. The lowest BCUT2D eigenvalue weighted by atomic mass is 10.2. The highest BCUT2D eigenvalue weighted by Gasteiger charge is 2.22. The van der Waals surface area contributed by atoms with Gasteiger partial charge in [0.05, 0.1) is 19.3 Å². The molecule has 100 valence electrons. The summed E-state index contributed by atoms with van der Waals surface area (Å²) in [5, 5.41) is 4.21. The molecule has 0 bridgehead atoms. The summed E-state index contributed by atoms with van der Waals surface area (Å²) in [7, 11) is 1.70. The molecule has 1 saturated carbocycles. The van der Waals surface area contributed by atoms with Crippen molar-refractivity contribution in [2.45, 2.75) is 31.6 Å². The Morgan fingerprint density at radius 3 is 2.83 bits per heavy atom. The summed E-state index contributed by atoms with van der Waals surface area (Å²) in [6.07, 6.45) is 2.64. The number of rotatable bonds is 8. The van der Waals surface area contributed by atoms with Gasteiger partial charge in [-0.05, 0) is 24.5 Å². The maximum Gasteiger partial charge on any atom is 0.0936 e. The zero-order valence-corrected chi connectivity index (χ0v) is 11.5. The number of ether oxygens (including phenoxy) is 2. The molecule has 1 atom stereocenters. The fourth-order valence-corrected chi connectivity index (χ4v) is 1.95. The van der Waals surface area contributed by atoms with Gasteiger partial charge in [-0.15, -0.1) is 0 Å². The highest BCUT2D eigenvalue weighted by molar-refractivity contribution is 6.31. The van der Waals surface area contributed by atoms with Gasteiger partial charge in [-0.2, -0.15) is 0 Å². The third-order valence-electron chi connectivity index (χ3n) is 3.00. The smallest absolute Gasteiger partial charge is 0.0936 e. The molecule has 0 aliphatic heterocycles. The Hall–Kier alpha value is -0.610. The third-order valence-corrected chi connectivity index (χ3v) is 3.37. The van der Waals surface area contributed by atoms with E-state index in [2.05, 4.69) is 5.32 Å². The second-order valence-electron chi connectivity index (χ2n) is 4.66. The summed E-state index contributed by atoms with van der Waals surface area (Å²) in [5.41, 5.74) is 1.02. The van der Waals surface area contributed by atoms with Crippen molar-refractivity contribution < 1.29 is 9.47 Å². The largest absolute Gasteiger partial charge is 0.382 e. The quantitative estimate of drug-likeness (QED) is 0.787. The SMILES string of the molecule is COCC(CNC1CC1)OCc1ccccc1Cl. The molecule has 2 rings (SSSR count). The van der Waals surface area contributed by atoms with E-state index in [0.29, 0.717) is 19.3 Å². The third kappa shape index (κ3) is 4.58. The van der Waals surface area contributed by atoms with E-state index in [4.69, 9.17) is 21.1 Å². The van der Waals surface area contributed by atoms with Gasteiger partial charge in [0.2, 0.25) is 0 Å². The normalized spacial score (nSPS) is 16.8. The number of hydrogen-bond donors (Lipinski definition) is 1. The van der Waals surface area contributed by atoms with Gasteiger partial charge < -0.3 is 14.8 Å². The van der Waals surface area contributed by atoms with Gasteiger partial charge in [-0.3, -0.25) is 0 Å². The zero-order valence-electron chi connectivity index (χ0n) is 10.7. The summed E-state index contributed by atoms with van der Waals surface area (Å²) in [5.74, 6) is 0. The van der Waals surface area contributed by atoms with Crippen LogP contribution in [0.25, 0.3) is 0 Å². The first-order chi connectivity index (χ1) is 8.79. The molecule has 1 N–H and O–H groups in total. The number of nitrogens with one attached hydrogen (secondary N) is 1. The molecule has 0 aromatic heterocycles. The Morgan fingerprint density at radius 2 is 2.17 bits per heavy atom. The van der Waals surface area contributed by atoms with Crippen LogP contribution >= 0.6 is 11.6 Å². The number of hydrogen-bond acceptors (Lipinski definition) is 3. The van der Waals surface area contributed by atoms with Crippen LogP contribution in [-0.2, 0) is 16.1 Å². The molecule has 4 heteroatoms. The Labute approximate surface area is 113 Å². The van der Waals surface area contributed by atoms with Crippen molar-refractivity contribution in [2.24, 2.45) is 0 Å². The Bertz CT molecular complexity index is 369. The van der Waals surface area contributed by atoms with Gasteiger partial charge in [-0.1, -0.05) is 29.8 Å². The maximum atomic E-state index is 6.10. The van der Waals surface area contributed by atoms with Crippen LogP contribution < -0.4 is 5.32 Å². The van der Waals surface area contributed by atoms with Gasteiger partial charge in [0.1, 0.15) is 0 Å². The summed E-state index contributed by atoms with van der Waals surface area (Å²) in [4.78, 5) is 0. The summed E-state index contributed by atoms with van der Waals surface area (Å²) in [6, 6.07) is 8.45.